The lowest BCUT2D eigenvalue weighted by atomic mass is 9.99. The van der Waals surface area contributed by atoms with Crippen molar-refractivity contribution in [2.24, 2.45) is 0 Å². The summed E-state index contributed by atoms with van der Waals surface area (Å²) in [6.45, 7) is 11.9. The smallest absolute Gasteiger partial charge is 0.224 e. The molecule has 1 aromatic carbocycles. The Morgan fingerprint density at radius 3 is 2.31 bits per heavy atom. The Balaban J connectivity index is 0.00000117. The van der Waals surface area contributed by atoms with Crippen LogP contribution in [0.25, 0.3) is 0 Å². The number of anilines is 2. The Morgan fingerprint density at radius 2 is 1.69 bits per heavy atom. The monoisotopic (exact) mass is 415 g/mol. The molecule has 0 saturated carbocycles. The van der Waals surface area contributed by atoms with Gasteiger partial charge in [0.15, 0.2) is 0 Å². The van der Waals surface area contributed by atoms with Crippen LogP contribution in [0.5, 0.6) is 0 Å². The molecule has 29 heavy (non-hydrogen) atoms. The van der Waals surface area contributed by atoms with Crippen molar-refractivity contribution in [3.63, 3.8) is 0 Å². The Bertz CT molecular complexity index is 750. The largest absolute Gasteiger partial charge is 0.324 e. The van der Waals surface area contributed by atoms with Gasteiger partial charge in [-0.15, -0.1) is 5.10 Å². The van der Waals surface area contributed by atoms with E-state index in [1.54, 1.807) is 22.9 Å². The van der Waals surface area contributed by atoms with E-state index in [1.807, 2.05) is 13.8 Å². The van der Waals surface area contributed by atoms with Crippen LogP contribution in [0.2, 0.25) is 0 Å². The number of nitrogens with zero attached hydrogens (tertiary/aromatic N) is 3. The minimum absolute atomic E-state index is 0.788. The predicted molar refractivity (Wildman–Crippen MR) is 125 cm³/mol. The normalized spacial score (nSPS) is 14.5. The quantitative estimate of drug-likeness (QED) is 0.425. The lowest BCUT2D eigenvalue weighted by molar-refractivity contribution is 0.305. The van der Waals surface area contributed by atoms with Crippen LogP contribution in [0.4, 0.5) is 11.6 Å². The first-order valence-electron chi connectivity index (χ1n) is 11.5. The van der Waals surface area contributed by atoms with Crippen LogP contribution >= 0.6 is 11.8 Å². The van der Waals surface area contributed by atoms with Crippen LogP contribution in [-0.4, -0.2) is 45.5 Å². The number of H-pyrrole nitrogens is 1. The van der Waals surface area contributed by atoms with Gasteiger partial charge in [-0.1, -0.05) is 45.5 Å². The highest BCUT2D eigenvalue weighted by Crippen LogP contribution is 2.39. The molecule has 160 valence electrons. The summed E-state index contributed by atoms with van der Waals surface area (Å²) in [6.07, 6.45) is 8.54. The Kier molecular flexibility index (Phi) is 8.42. The first kappa shape index (κ1) is 22.2. The highest BCUT2D eigenvalue weighted by Gasteiger charge is 2.24. The van der Waals surface area contributed by atoms with E-state index in [0.29, 0.717) is 0 Å². The summed E-state index contributed by atoms with van der Waals surface area (Å²) in [7, 11) is 0. The van der Waals surface area contributed by atoms with Crippen LogP contribution in [0.15, 0.2) is 11.2 Å². The summed E-state index contributed by atoms with van der Waals surface area (Å²) in [4.78, 5) is 7.15. The first-order chi connectivity index (χ1) is 14.3. The Labute approximate surface area is 180 Å². The first-order valence-corrected chi connectivity index (χ1v) is 12.5. The second kappa shape index (κ2) is 11.0. The van der Waals surface area contributed by atoms with E-state index >= 15 is 0 Å². The number of rotatable bonds is 9. The van der Waals surface area contributed by atoms with Gasteiger partial charge in [0.1, 0.15) is 0 Å². The van der Waals surface area contributed by atoms with E-state index in [1.165, 1.54) is 61.8 Å². The summed E-state index contributed by atoms with van der Waals surface area (Å²) in [5, 5.41) is 12.0. The molecule has 1 heterocycles. The van der Waals surface area contributed by atoms with Gasteiger partial charge in [-0.25, -0.2) is 5.10 Å². The van der Waals surface area contributed by atoms with Crippen molar-refractivity contribution in [3.05, 3.63) is 28.3 Å². The average molecular weight is 416 g/mol. The maximum absolute atomic E-state index is 4.69. The topological polar surface area (TPSA) is 56.8 Å². The molecular formula is C23H37N5S. The minimum atomic E-state index is 0.788. The molecule has 0 bridgehead atoms. The predicted octanol–water partition coefficient (Wildman–Crippen LogP) is 5.38. The standard InChI is InChI=1S/C21H31N5S.C2H6/c1-3-26(4-2)12-7-13-27-21-23-20(24-25-21)22-19-17-10-5-8-15(17)14-16-9-6-11-18(16)19;1-2/h14H,3-13H2,1-2H3,(H2,22,23,24,25);1-2H3. The van der Waals surface area contributed by atoms with Crippen molar-refractivity contribution < 1.29 is 0 Å². The lowest BCUT2D eigenvalue weighted by Crippen LogP contribution is -2.24. The Morgan fingerprint density at radius 1 is 1.03 bits per heavy atom. The van der Waals surface area contributed by atoms with Crippen molar-refractivity contribution in [2.75, 3.05) is 30.7 Å². The van der Waals surface area contributed by atoms with Crippen molar-refractivity contribution in [1.82, 2.24) is 20.1 Å². The summed E-state index contributed by atoms with van der Waals surface area (Å²) >= 11 is 1.75. The zero-order valence-corrected chi connectivity index (χ0v) is 19.4. The number of fused-ring (bicyclic) bond motifs is 2. The SMILES string of the molecule is CC.CCN(CC)CCCSc1n[nH]c(Nc2c3c(cc4c2CCC4)CCC3)n1. The third-order valence-corrected chi connectivity index (χ3v) is 6.86. The molecule has 0 spiro atoms. The summed E-state index contributed by atoms with van der Waals surface area (Å²) < 4.78 is 0. The molecule has 0 unspecified atom stereocenters. The van der Waals surface area contributed by atoms with E-state index in [2.05, 4.69) is 45.3 Å². The highest BCUT2D eigenvalue weighted by atomic mass is 32.2. The molecular weight excluding hydrogens is 378 g/mol. The zero-order chi connectivity index (χ0) is 20.6. The van der Waals surface area contributed by atoms with Gasteiger partial charge >= 0.3 is 0 Å². The minimum Gasteiger partial charge on any atom is -0.324 e. The number of thioether (sulfide) groups is 1. The van der Waals surface area contributed by atoms with E-state index in [9.17, 15) is 0 Å². The molecule has 0 saturated heterocycles. The maximum atomic E-state index is 4.69. The van der Waals surface area contributed by atoms with Crippen molar-refractivity contribution in [3.8, 4) is 0 Å². The number of aromatic amines is 1. The molecule has 0 atom stereocenters. The third-order valence-electron chi connectivity index (χ3n) is 5.93. The number of hydrogen-bond acceptors (Lipinski definition) is 5. The molecule has 0 aliphatic heterocycles. The van der Waals surface area contributed by atoms with Gasteiger partial charge in [0.05, 0.1) is 0 Å². The molecule has 2 N–H and O–H groups in total. The third kappa shape index (κ3) is 5.34. The van der Waals surface area contributed by atoms with Crippen LogP contribution in [0, 0.1) is 0 Å². The van der Waals surface area contributed by atoms with Gasteiger partial charge in [0.2, 0.25) is 11.1 Å². The van der Waals surface area contributed by atoms with Gasteiger partial charge in [0, 0.05) is 11.4 Å². The molecule has 0 fully saturated rings. The van der Waals surface area contributed by atoms with Gasteiger partial charge in [0.25, 0.3) is 0 Å². The second-order valence-electron chi connectivity index (χ2n) is 7.55. The molecule has 5 nitrogen and oxygen atoms in total. The molecule has 4 rings (SSSR count). The van der Waals surface area contributed by atoms with Crippen molar-refractivity contribution in [2.45, 2.75) is 77.8 Å². The zero-order valence-electron chi connectivity index (χ0n) is 18.6. The number of nitrogens with one attached hydrogen (secondary N) is 2. The molecule has 2 aromatic rings. The van der Waals surface area contributed by atoms with E-state index in [0.717, 1.165) is 36.5 Å². The fraction of sp³-hybridized carbons (Fsp3) is 0.652. The van der Waals surface area contributed by atoms with E-state index in [4.69, 9.17) is 0 Å². The Hall–Kier alpha value is -1.53. The van der Waals surface area contributed by atoms with Crippen LogP contribution in [-0.2, 0) is 25.7 Å². The number of benzene rings is 1. The maximum Gasteiger partial charge on any atom is 0.224 e. The van der Waals surface area contributed by atoms with Gasteiger partial charge in [-0.05, 0) is 86.8 Å². The molecule has 2 aliphatic carbocycles. The number of aromatic nitrogens is 3. The summed E-state index contributed by atoms with van der Waals surface area (Å²) in [5.41, 5.74) is 7.44. The summed E-state index contributed by atoms with van der Waals surface area (Å²) in [6, 6.07) is 2.47. The van der Waals surface area contributed by atoms with Gasteiger partial charge in [-0.2, -0.15) is 4.98 Å². The number of hydrogen-bond donors (Lipinski definition) is 2. The van der Waals surface area contributed by atoms with Crippen LogP contribution in [0.1, 0.15) is 69.2 Å². The average Bonchev–Trinajstić information content (AvgIpc) is 3.50. The van der Waals surface area contributed by atoms with Gasteiger partial charge in [-0.3, -0.25) is 0 Å². The van der Waals surface area contributed by atoms with Gasteiger partial charge < -0.3 is 10.2 Å². The highest BCUT2D eigenvalue weighted by molar-refractivity contribution is 7.99. The van der Waals surface area contributed by atoms with Crippen molar-refractivity contribution >= 4 is 23.4 Å². The lowest BCUT2D eigenvalue weighted by Gasteiger charge is -2.16. The second-order valence-corrected chi connectivity index (χ2v) is 8.62. The summed E-state index contributed by atoms with van der Waals surface area (Å²) in [5.74, 6) is 1.85. The van der Waals surface area contributed by atoms with Crippen molar-refractivity contribution in [1.29, 1.82) is 0 Å². The molecule has 1 aromatic heterocycles. The molecule has 0 radical (unpaired) electrons. The van der Waals surface area contributed by atoms with Crippen LogP contribution in [0.3, 0.4) is 0 Å². The fourth-order valence-electron chi connectivity index (χ4n) is 4.44. The molecule has 2 aliphatic rings. The van der Waals surface area contributed by atoms with E-state index < -0.39 is 0 Å². The number of aryl methyl sites for hydroxylation is 2. The molecule has 6 heteroatoms. The molecule has 0 amide bonds. The van der Waals surface area contributed by atoms with E-state index in [-0.39, 0.29) is 0 Å². The fourth-order valence-corrected chi connectivity index (χ4v) is 5.17. The van der Waals surface area contributed by atoms with Crippen LogP contribution < -0.4 is 5.32 Å².